The van der Waals surface area contributed by atoms with Gasteiger partial charge < -0.3 is 10.0 Å². The highest BCUT2D eigenvalue weighted by atomic mass is 32.1. The molecule has 0 saturated heterocycles. The molecule has 1 heterocycles. The lowest BCUT2D eigenvalue weighted by molar-refractivity contribution is -0.120. The van der Waals surface area contributed by atoms with Crippen LogP contribution in [0.3, 0.4) is 0 Å². The maximum atomic E-state index is 12.6. The van der Waals surface area contributed by atoms with Crippen LogP contribution in [0.4, 0.5) is 18.3 Å². The van der Waals surface area contributed by atoms with Gasteiger partial charge in [0, 0.05) is 12.0 Å². The summed E-state index contributed by atoms with van der Waals surface area (Å²) in [5, 5.41) is 9.65. The van der Waals surface area contributed by atoms with Crippen molar-refractivity contribution < 1.29 is 18.3 Å². The van der Waals surface area contributed by atoms with Crippen LogP contribution in [0.2, 0.25) is 0 Å². The van der Waals surface area contributed by atoms with Gasteiger partial charge >= 0.3 is 6.18 Å². The molecule has 1 aromatic heterocycles. The van der Waals surface area contributed by atoms with Gasteiger partial charge in [0.25, 0.3) is 0 Å². The van der Waals surface area contributed by atoms with E-state index in [9.17, 15) is 18.3 Å². The maximum Gasteiger partial charge on any atom is 0.406 e. The lowest BCUT2D eigenvalue weighted by Crippen LogP contribution is -2.39. The molecule has 1 aliphatic carbocycles. The second-order valence-corrected chi connectivity index (χ2v) is 6.14. The third-order valence-corrected chi connectivity index (χ3v) is 4.14. The van der Waals surface area contributed by atoms with E-state index in [2.05, 4.69) is 4.98 Å². The van der Waals surface area contributed by atoms with E-state index in [0.717, 1.165) is 18.5 Å². The van der Waals surface area contributed by atoms with Crippen molar-refractivity contribution in [3.8, 4) is 0 Å². The zero-order valence-electron chi connectivity index (χ0n) is 10.9. The minimum atomic E-state index is -4.25. The normalized spacial score (nSPS) is 16.2. The predicted octanol–water partition coefficient (Wildman–Crippen LogP) is 3.29. The van der Waals surface area contributed by atoms with Gasteiger partial charge in [-0.2, -0.15) is 13.2 Å². The van der Waals surface area contributed by atoms with E-state index in [1.807, 2.05) is 0 Å². The Balaban J connectivity index is 2.26. The Morgan fingerprint density at radius 1 is 1.42 bits per heavy atom. The number of hydrogen-bond acceptors (Lipinski definition) is 4. The molecule has 1 aromatic rings. The number of hydrogen-bond donors (Lipinski definition) is 1. The average molecular weight is 294 g/mol. The molecule has 3 nitrogen and oxygen atoms in total. The fraction of sp³-hybridized carbons (Fsp3) is 0.750. The summed E-state index contributed by atoms with van der Waals surface area (Å²) in [6.07, 6.45) is -2.23. The van der Waals surface area contributed by atoms with Gasteiger partial charge in [0.15, 0.2) is 5.13 Å². The number of aliphatic hydroxyl groups excluding tert-OH is 1. The highest BCUT2D eigenvalue weighted by molar-refractivity contribution is 7.15. The monoisotopic (exact) mass is 294 g/mol. The van der Waals surface area contributed by atoms with E-state index < -0.39 is 12.7 Å². The highest BCUT2D eigenvalue weighted by Crippen LogP contribution is 2.44. The third-order valence-electron chi connectivity index (χ3n) is 3.04. The van der Waals surface area contributed by atoms with E-state index in [-0.39, 0.29) is 12.6 Å². The SMILES string of the molecule is CC(C)N(CC(F)(F)F)c1nc(C2CC2)c(CO)s1. The summed E-state index contributed by atoms with van der Waals surface area (Å²) >= 11 is 1.17. The summed E-state index contributed by atoms with van der Waals surface area (Å²) < 4.78 is 37.8. The van der Waals surface area contributed by atoms with Crippen LogP contribution in [0.1, 0.15) is 43.2 Å². The number of aliphatic hydroxyl groups is 1. The molecule has 1 fully saturated rings. The van der Waals surface area contributed by atoms with Crippen LogP contribution in [0.5, 0.6) is 0 Å². The molecular weight excluding hydrogens is 277 g/mol. The molecule has 0 radical (unpaired) electrons. The first-order valence-electron chi connectivity index (χ1n) is 6.25. The van der Waals surface area contributed by atoms with Gasteiger partial charge in [0.05, 0.1) is 17.2 Å². The van der Waals surface area contributed by atoms with Crippen molar-refractivity contribution >= 4 is 16.5 Å². The van der Waals surface area contributed by atoms with E-state index in [1.165, 1.54) is 16.2 Å². The first-order valence-corrected chi connectivity index (χ1v) is 7.07. The molecule has 0 aliphatic heterocycles. The van der Waals surface area contributed by atoms with Gasteiger partial charge in [0.1, 0.15) is 6.54 Å². The van der Waals surface area contributed by atoms with Crippen molar-refractivity contribution in [3.63, 3.8) is 0 Å². The van der Waals surface area contributed by atoms with Crippen molar-refractivity contribution in [3.05, 3.63) is 10.6 Å². The van der Waals surface area contributed by atoms with E-state index in [0.29, 0.717) is 15.9 Å². The average Bonchev–Trinajstić information content (AvgIpc) is 3.04. The van der Waals surface area contributed by atoms with Gasteiger partial charge in [-0.25, -0.2) is 4.98 Å². The molecule has 1 saturated carbocycles. The summed E-state index contributed by atoms with van der Waals surface area (Å²) in [6, 6.07) is -0.286. The van der Waals surface area contributed by atoms with Crippen LogP contribution < -0.4 is 4.90 Å². The molecule has 0 atom stereocenters. The zero-order chi connectivity index (χ0) is 14.2. The number of thiazole rings is 1. The summed E-state index contributed by atoms with van der Waals surface area (Å²) in [4.78, 5) is 6.28. The molecule has 2 rings (SSSR count). The molecule has 7 heteroatoms. The standard InChI is InChI=1S/C12H17F3N2OS/c1-7(2)17(6-12(13,14)15)11-16-10(8-3-4-8)9(5-18)19-11/h7-8,18H,3-6H2,1-2H3. The third kappa shape index (κ3) is 3.60. The van der Waals surface area contributed by atoms with Crippen LogP contribution in [0, 0.1) is 0 Å². The summed E-state index contributed by atoms with van der Waals surface area (Å²) in [6.45, 7) is 2.26. The molecule has 0 amide bonds. The topological polar surface area (TPSA) is 36.4 Å². The van der Waals surface area contributed by atoms with Gasteiger partial charge in [-0.05, 0) is 26.7 Å². The molecular formula is C12H17F3N2OS. The van der Waals surface area contributed by atoms with Crippen LogP contribution in [-0.4, -0.2) is 28.9 Å². The Hall–Kier alpha value is -0.820. The molecule has 1 N–H and O–H groups in total. The largest absolute Gasteiger partial charge is 0.406 e. The summed E-state index contributed by atoms with van der Waals surface area (Å²) in [5.41, 5.74) is 0.787. The lowest BCUT2D eigenvalue weighted by Gasteiger charge is -2.27. The van der Waals surface area contributed by atoms with Crippen molar-refractivity contribution in [1.29, 1.82) is 0 Å². The maximum absolute atomic E-state index is 12.6. The van der Waals surface area contributed by atoms with Crippen LogP contribution in [-0.2, 0) is 6.61 Å². The van der Waals surface area contributed by atoms with Crippen LogP contribution >= 0.6 is 11.3 Å². The number of alkyl halides is 3. The minimum Gasteiger partial charge on any atom is -0.391 e. The highest BCUT2D eigenvalue weighted by Gasteiger charge is 2.35. The number of halogens is 3. The summed E-state index contributed by atoms with van der Waals surface area (Å²) in [5.74, 6) is 0.326. The molecule has 108 valence electrons. The fourth-order valence-corrected chi connectivity index (χ4v) is 3.07. The Morgan fingerprint density at radius 2 is 2.05 bits per heavy atom. The molecule has 0 bridgehead atoms. The van der Waals surface area contributed by atoms with Crippen molar-refractivity contribution in [2.45, 2.75) is 51.4 Å². The Morgan fingerprint density at radius 3 is 2.47 bits per heavy atom. The predicted molar refractivity (Wildman–Crippen MR) is 68.5 cm³/mol. The number of anilines is 1. The van der Waals surface area contributed by atoms with E-state index in [4.69, 9.17) is 0 Å². The first kappa shape index (κ1) is 14.6. The van der Waals surface area contributed by atoms with Crippen molar-refractivity contribution in [1.82, 2.24) is 4.98 Å². The lowest BCUT2D eigenvalue weighted by atomic mass is 10.2. The summed E-state index contributed by atoms with van der Waals surface area (Å²) in [7, 11) is 0. The van der Waals surface area contributed by atoms with Crippen molar-refractivity contribution in [2.75, 3.05) is 11.4 Å². The quantitative estimate of drug-likeness (QED) is 0.905. The number of rotatable bonds is 5. The molecule has 0 aromatic carbocycles. The Labute approximate surface area is 114 Å². The van der Waals surface area contributed by atoms with Gasteiger partial charge in [-0.3, -0.25) is 0 Å². The smallest absolute Gasteiger partial charge is 0.391 e. The van der Waals surface area contributed by atoms with Gasteiger partial charge in [-0.1, -0.05) is 11.3 Å². The Bertz CT molecular complexity index is 441. The van der Waals surface area contributed by atoms with Crippen LogP contribution in [0.25, 0.3) is 0 Å². The minimum absolute atomic E-state index is 0.151. The zero-order valence-corrected chi connectivity index (χ0v) is 11.7. The second-order valence-electron chi connectivity index (χ2n) is 5.07. The number of aromatic nitrogens is 1. The van der Waals surface area contributed by atoms with Gasteiger partial charge in [0.2, 0.25) is 0 Å². The van der Waals surface area contributed by atoms with Crippen molar-refractivity contribution in [2.24, 2.45) is 0 Å². The molecule has 0 unspecified atom stereocenters. The number of nitrogens with zero attached hydrogens (tertiary/aromatic N) is 2. The second kappa shape index (κ2) is 5.28. The first-order chi connectivity index (χ1) is 8.81. The fourth-order valence-electron chi connectivity index (χ4n) is 1.93. The van der Waals surface area contributed by atoms with Gasteiger partial charge in [-0.15, -0.1) is 0 Å². The molecule has 0 spiro atoms. The van der Waals surface area contributed by atoms with Crippen LogP contribution in [0.15, 0.2) is 0 Å². The van der Waals surface area contributed by atoms with E-state index >= 15 is 0 Å². The Kier molecular flexibility index (Phi) is 4.06. The molecule has 1 aliphatic rings. The molecule has 19 heavy (non-hydrogen) atoms. The van der Waals surface area contributed by atoms with E-state index in [1.54, 1.807) is 13.8 Å².